The highest BCUT2D eigenvalue weighted by Gasteiger charge is 2.20. The number of amides is 1. The van der Waals surface area contributed by atoms with E-state index in [1.54, 1.807) is 0 Å². The van der Waals surface area contributed by atoms with Crippen LogP contribution in [0.5, 0.6) is 5.75 Å². The number of ether oxygens (including phenoxy) is 1. The van der Waals surface area contributed by atoms with E-state index in [4.69, 9.17) is 4.74 Å². The lowest BCUT2D eigenvalue weighted by atomic mass is 10.1. The van der Waals surface area contributed by atoms with E-state index in [9.17, 15) is 9.18 Å². The van der Waals surface area contributed by atoms with Crippen molar-refractivity contribution in [2.24, 2.45) is 0 Å². The summed E-state index contributed by atoms with van der Waals surface area (Å²) in [7, 11) is 0. The molecule has 0 spiro atoms. The Morgan fingerprint density at radius 2 is 2.30 bits per heavy atom. The maximum Gasteiger partial charge on any atom is 0.241 e. The van der Waals surface area contributed by atoms with Crippen molar-refractivity contribution >= 4 is 11.6 Å². The van der Waals surface area contributed by atoms with E-state index in [0.29, 0.717) is 18.0 Å². The lowest BCUT2D eigenvalue weighted by Crippen LogP contribution is -2.39. The molecule has 1 amide bonds. The van der Waals surface area contributed by atoms with Crippen LogP contribution < -0.4 is 15.4 Å². The van der Waals surface area contributed by atoms with Crippen LogP contribution in [0.3, 0.4) is 0 Å². The van der Waals surface area contributed by atoms with Gasteiger partial charge in [0, 0.05) is 6.07 Å². The Balaban J connectivity index is 2.06. The van der Waals surface area contributed by atoms with Crippen molar-refractivity contribution in [2.75, 3.05) is 18.5 Å². The summed E-state index contributed by atoms with van der Waals surface area (Å²) >= 11 is 0. The predicted octanol–water partition coefficient (Wildman–Crippen LogP) is 2.70. The Kier molecular flexibility index (Phi) is 5.35. The largest absolute Gasteiger partial charge is 0.492 e. The topological polar surface area (TPSA) is 50.4 Å². The van der Waals surface area contributed by atoms with Gasteiger partial charge < -0.3 is 15.4 Å². The molecule has 1 aromatic rings. The van der Waals surface area contributed by atoms with Gasteiger partial charge in [0.1, 0.15) is 11.6 Å². The molecule has 110 valence electrons. The molecule has 0 saturated carbocycles. The summed E-state index contributed by atoms with van der Waals surface area (Å²) < 4.78 is 18.6. The van der Waals surface area contributed by atoms with Crippen LogP contribution in [0.1, 0.15) is 32.6 Å². The van der Waals surface area contributed by atoms with E-state index in [-0.39, 0.29) is 17.8 Å². The van der Waals surface area contributed by atoms with Crippen molar-refractivity contribution in [3.8, 4) is 5.75 Å². The van der Waals surface area contributed by atoms with Gasteiger partial charge in [0.15, 0.2) is 0 Å². The van der Waals surface area contributed by atoms with Crippen molar-refractivity contribution < 1.29 is 13.9 Å². The van der Waals surface area contributed by atoms with Crippen LogP contribution in [0.2, 0.25) is 0 Å². The molecule has 2 rings (SSSR count). The van der Waals surface area contributed by atoms with Crippen molar-refractivity contribution in [2.45, 2.75) is 38.6 Å². The van der Waals surface area contributed by atoms with E-state index < -0.39 is 0 Å². The number of halogens is 1. The van der Waals surface area contributed by atoms with Crippen LogP contribution in [0.4, 0.5) is 10.1 Å². The van der Waals surface area contributed by atoms with Gasteiger partial charge in [-0.3, -0.25) is 4.79 Å². The second-order valence-electron chi connectivity index (χ2n) is 4.92. The van der Waals surface area contributed by atoms with E-state index in [1.165, 1.54) is 18.2 Å². The van der Waals surface area contributed by atoms with Crippen LogP contribution in [0.25, 0.3) is 0 Å². The van der Waals surface area contributed by atoms with E-state index in [2.05, 4.69) is 10.6 Å². The minimum absolute atomic E-state index is 0.0838. The van der Waals surface area contributed by atoms with E-state index in [0.717, 1.165) is 32.2 Å². The van der Waals surface area contributed by atoms with Gasteiger partial charge in [-0.15, -0.1) is 0 Å². The zero-order chi connectivity index (χ0) is 14.4. The normalized spacial score (nSPS) is 19.2. The van der Waals surface area contributed by atoms with Gasteiger partial charge in [0.25, 0.3) is 0 Å². The molecule has 4 nitrogen and oxygen atoms in total. The van der Waals surface area contributed by atoms with Gasteiger partial charge >= 0.3 is 0 Å². The highest BCUT2D eigenvalue weighted by molar-refractivity contribution is 5.96. The first-order valence-corrected chi connectivity index (χ1v) is 7.17. The zero-order valence-electron chi connectivity index (χ0n) is 11.7. The molecule has 1 aliphatic heterocycles. The number of benzene rings is 1. The zero-order valence-corrected chi connectivity index (χ0v) is 11.7. The fraction of sp³-hybridized carbons (Fsp3) is 0.533. The van der Waals surface area contributed by atoms with Crippen molar-refractivity contribution in [1.82, 2.24) is 5.32 Å². The second-order valence-corrected chi connectivity index (χ2v) is 4.92. The maximum absolute atomic E-state index is 13.2. The first kappa shape index (κ1) is 14.8. The second kappa shape index (κ2) is 7.24. The third kappa shape index (κ3) is 3.93. The van der Waals surface area contributed by atoms with Gasteiger partial charge in [-0.1, -0.05) is 12.8 Å². The fourth-order valence-corrected chi connectivity index (χ4v) is 2.35. The molecule has 1 heterocycles. The number of carbonyl (C=O) groups excluding carboxylic acids is 1. The summed E-state index contributed by atoms with van der Waals surface area (Å²) in [5.41, 5.74) is 0.518. The maximum atomic E-state index is 13.2. The monoisotopic (exact) mass is 280 g/mol. The molecular weight excluding hydrogens is 259 g/mol. The van der Waals surface area contributed by atoms with Crippen LogP contribution in [0, 0.1) is 5.82 Å². The molecule has 1 aliphatic rings. The molecule has 1 fully saturated rings. The van der Waals surface area contributed by atoms with Crippen LogP contribution >= 0.6 is 0 Å². The minimum atomic E-state index is -0.376. The van der Waals surface area contributed by atoms with Gasteiger partial charge in [-0.2, -0.15) is 0 Å². The Hall–Kier alpha value is -1.62. The smallest absolute Gasteiger partial charge is 0.241 e. The average molecular weight is 280 g/mol. The highest BCUT2D eigenvalue weighted by Crippen LogP contribution is 2.26. The number of nitrogens with one attached hydrogen (secondary N) is 2. The molecule has 0 aromatic heterocycles. The quantitative estimate of drug-likeness (QED) is 0.891. The molecule has 1 saturated heterocycles. The predicted molar refractivity (Wildman–Crippen MR) is 76.5 cm³/mol. The van der Waals surface area contributed by atoms with Gasteiger partial charge in [0.2, 0.25) is 5.91 Å². The Morgan fingerprint density at radius 1 is 1.45 bits per heavy atom. The van der Waals surface area contributed by atoms with Gasteiger partial charge in [-0.05, 0) is 38.4 Å². The lowest BCUT2D eigenvalue weighted by Gasteiger charge is -2.17. The Morgan fingerprint density at radius 3 is 3.10 bits per heavy atom. The fourth-order valence-electron chi connectivity index (χ4n) is 2.35. The van der Waals surface area contributed by atoms with Crippen molar-refractivity contribution in [1.29, 1.82) is 0 Å². The summed E-state index contributed by atoms with van der Waals surface area (Å²) in [5, 5.41) is 6.06. The Labute approximate surface area is 118 Å². The Bertz CT molecular complexity index is 457. The molecule has 0 bridgehead atoms. The molecule has 2 N–H and O–H groups in total. The molecule has 1 aromatic carbocycles. The SMILES string of the molecule is CCOc1cc(F)ccc1NC(=O)C1CCCCCN1. The molecule has 1 unspecified atom stereocenters. The summed E-state index contributed by atoms with van der Waals surface area (Å²) in [5.74, 6) is -0.0898. The molecule has 0 aliphatic carbocycles. The molecular formula is C15H21FN2O2. The van der Waals surface area contributed by atoms with Crippen LogP contribution in [0.15, 0.2) is 18.2 Å². The third-order valence-corrected chi connectivity index (χ3v) is 3.38. The lowest BCUT2D eigenvalue weighted by molar-refractivity contribution is -0.118. The molecule has 5 heteroatoms. The first-order chi connectivity index (χ1) is 9.70. The van der Waals surface area contributed by atoms with E-state index >= 15 is 0 Å². The average Bonchev–Trinajstić information content (AvgIpc) is 2.71. The van der Waals surface area contributed by atoms with E-state index in [1.807, 2.05) is 6.92 Å². The first-order valence-electron chi connectivity index (χ1n) is 7.17. The molecule has 20 heavy (non-hydrogen) atoms. The third-order valence-electron chi connectivity index (χ3n) is 3.38. The van der Waals surface area contributed by atoms with Crippen LogP contribution in [-0.2, 0) is 4.79 Å². The number of carbonyl (C=O) groups is 1. The number of hydrogen-bond acceptors (Lipinski definition) is 3. The number of anilines is 1. The summed E-state index contributed by atoms with van der Waals surface area (Å²) in [6, 6.07) is 3.96. The highest BCUT2D eigenvalue weighted by atomic mass is 19.1. The van der Waals surface area contributed by atoms with Gasteiger partial charge in [-0.25, -0.2) is 4.39 Å². The standard InChI is InChI=1S/C15H21FN2O2/c1-2-20-14-10-11(16)7-8-12(14)18-15(19)13-6-4-3-5-9-17-13/h7-8,10,13,17H,2-6,9H2,1H3,(H,18,19). The van der Waals surface area contributed by atoms with Crippen LogP contribution in [-0.4, -0.2) is 25.1 Å². The number of rotatable bonds is 4. The summed E-state index contributed by atoms with van der Waals surface area (Å²) in [6.45, 7) is 3.11. The van der Waals surface area contributed by atoms with Crippen molar-refractivity contribution in [3.05, 3.63) is 24.0 Å². The summed E-state index contributed by atoms with van der Waals surface area (Å²) in [4.78, 5) is 12.2. The minimum Gasteiger partial charge on any atom is -0.492 e. The van der Waals surface area contributed by atoms with Crippen molar-refractivity contribution in [3.63, 3.8) is 0 Å². The molecule has 0 radical (unpaired) electrons. The van der Waals surface area contributed by atoms with Gasteiger partial charge in [0.05, 0.1) is 18.3 Å². The molecule has 1 atom stereocenters. The summed E-state index contributed by atoms with van der Waals surface area (Å²) in [6.07, 6.45) is 4.13. The number of hydrogen-bond donors (Lipinski definition) is 2.